The minimum absolute atomic E-state index is 0.0414. The van der Waals surface area contributed by atoms with Crippen LogP contribution in [0.4, 0.5) is 8.78 Å². The van der Waals surface area contributed by atoms with Crippen molar-refractivity contribution in [3.63, 3.8) is 0 Å². The SMILES string of the molecule is O=C(O)c1ccoc1COc1cc(F)cc(F)c1. The van der Waals surface area contributed by atoms with E-state index in [1.54, 1.807) is 0 Å². The number of carbonyl (C=O) groups is 1. The highest BCUT2D eigenvalue weighted by Crippen LogP contribution is 2.18. The molecule has 0 aliphatic carbocycles. The Morgan fingerprint density at radius 2 is 1.94 bits per heavy atom. The third-order valence-corrected chi connectivity index (χ3v) is 2.18. The first-order valence-electron chi connectivity index (χ1n) is 4.95. The van der Waals surface area contributed by atoms with Gasteiger partial charge in [-0.1, -0.05) is 0 Å². The number of aromatic carboxylic acids is 1. The van der Waals surface area contributed by atoms with E-state index in [0.29, 0.717) is 6.07 Å². The molecular formula is C12H8F2O4. The Morgan fingerprint density at radius 3 is 2.56 bits per heavy atom. The molecule has 0 saturated carbocycles. The minimum Gasteiger partial charge on any atom is -0.485 e. The third-order valence-electron chi connectivity index (χ3n) is 2.18. The molecule has 6 heteroatoms. The van der Waals surface area contributed by atoms with Crippen LogP contribution < -0.4 is 4.74 Å². The molecule has 18 heavy (non-hydrogen) atoms. The van der Waals surface area contributed by atoms with Crippen molar-refractivity contribution in [2.45, 2.75) is 6.61 Å². The monoisotopic (exact) mass is 254 g/mol. The number of hydrogen-bond acceptors (Lipinski definition) is 3. The summed E-state index contributed by atoms with van der Waals surface area (Å²) in [4.78, 5) is 10.8. The zero-order chi connectivity index (χ0) is 13.1. The maximum atomic E-state index is 12.9. The Balaban J connectivity index is 2.11. The Kier molecular flexibility index (Phi) is 3.27. The molecule has 0 fully saturated rings. The van der Waals surface area contributed by atoms with Crippen LogP contribution in [-0.2, 0) is 6.61 Å². The molecular weight excluding hydrogens is 246 g/mol. The Bertz CT molecular complexity index is 557. The summed E-state index contributed by atoms with van der Waals surface area (Å²) in [6.07, 6.45) is 1.20. The first-order valence-corrected chi connectivity index (χ1v) is 4.95. The number of furan rings is 1. The maximum absolute atomic E-state index is 12.9. The molecule has 1 aromatic carbocycles. The van der Waals surface area contributed by atoms with E-state index >= 15 is 0 Å². The van der Waals surface area contributed by atoms with Crippen LogP contribution in [0.15, 0.2) is 34.9 Å². The highest BCUT2D eigenvalue weighted by Gasteiger charge is 2.14. The quantitative estimate of drug-likeness (QED) is 0.911. The molecule has 0 radical (unpaired) electrons. The van der Waals surface area contributed by atoms with Gasteiger partial charge in [-0.3, -0.25) is 0 Å². The second-order valence-electron chi connectivity index (χ2n) is 3.46. The molecule has 0 unspecified atom stereocenters. The summed E-state index contributed by atoms with van der Waals surface area (Å²) in [5.74, 6) is -2.68. The molecule has 0 amide bonds. The summed E-state index contributed by atoms with van der Waals surface area (Å²) in [7, 11) is 0. The van der Waals surface area contributed by atoms with Gasteiger partial charge in [0, 0.05) is 18.2 Å². The fourth-order valence-electron chi connectivity index (χ4n) is 1.40. The van der Waals surface area contributed by atoms with Crippen molar-refractivity contribution in [1.29, 1.82) is 0 Å². The average Bonchev–Trinajstić information content (AvgIpc) is 2.73. The van der Waals surface area contributed by atoms with Crippen LogP contribution in [0.25, 0.3) is 0 Å². The molecule has 0 saturated heterocycles. The van der Waals surface area contributed by atoms with Crippen molar-refractivity contribution < 1.29 is 27.8 Å². The molecule has 1 aromatic heterocycles. The van der Waals surface area contributed by atoms with Crippen molar-refractivity contribution in [2.24, 2.45) is 0 Å². The van der Waals surface area contributed by atoms with Crippen LogP contribution in [0.5, 0.6) is 5.75 Å². The largest absolute Gasteiger partial charge is 0.485 e. The highest BCUT2D eigenvalue weighted by molar-refractivity contribution is 5.88. The lowest BCUT2D eigenvalue weighted by atomic mass is 10.2. The molecule has 2 aromatic rings. The van der Waals surface area contributed by atoms with Gasteiger partial charge in [0.2, 0.25) is 0 Å². The predicted molar refractivity (Wildman–Crippen MR) is 56.4 cm³/mol. The molecule has 1 heterocycles. The van der Waals surface area contributed by atoms with Crippen LogP contribution in [0.1, 0.15) is 16.1 Å². The van der Waals surface area contributed by atoms with Crippen molar-refractivity contribution >= 4 is 5.97 Å². The lowest BCUT2D eigenvalue weighted by Gasteiger charge is -2.05. The molecule has 0 aliphatic heterocycles. The number of ether oxygens (including phenoxy) is 1. The van der Waals surface area contributed by atoms with E-state index in [-0.39, 0.29) is 23.7 Å². The van der Waals surface area contributed by atoms with Gasteiger partial charge in [-0.25, -0.2) is 13.6 Å². The van der Waals surface area contributed by atoms with E-state index in [1.807, 2.05) is 0 Å². The van der Waals surface area contributed by atoms with E-state index in [0.717, 1.165) is 12.1 Å². The molecule has 0 spiro atoms. The normalized spacial score (nSPS) is 10.3. The van der Waals surface area contributed by atoms with Crippen molar-refractivity contribution in [1.82, 2.24) is 0 Å². The van der Waals surface area contributed by atoms with E-state index in [2.05, 4.69) is 0 Å². The van der Waals surface area contributed by atoms with E-state index < -0.39 is 17.6 Å². The molecule has 0 aliphatic rings. The van der Waals surface area contributed by atoms with Crippen molar-refractivity contribution in [3.8, 4) is 5.75 Å². The van der Waals surface area contributed by atoms with Gasteiger partial charge in [0.1, 0.15) is 29.6 Å². The summed E-state index contributed by atoms with van der Waals surface area (Å²) in [6, 6.07) is 3.97. The first-order chi connectivity index (χ1) is 8.56. The Morgan fingerprint density at radius 1 is 1.28 bits per heavy atom. The van der Waals surface area contributed by atoms with Gasteiger partial charge in [-0.05, 0) is 6.07 Å². The summed E-state index contributed by atoms with van der Waals surface area (Å²) >= 11 is 0. The first kappa shape index (κ1) is 12.1. The summed E-state index contributed by atoms with van der Waals surface area (Å²) in [5.41, 5.74) is -0.0492. The van der Waals surface area contributed by atoms with Crippen molar-refractivity contribution in [2.75, 3.05) is 0 Å². The lowest BCUT2D eigenvalue weighted by Crippen LogP contribution is -2.02. The Hall–Kier alpha value is -2.37. The van der Waals surface area contributed by atoms with E-state index in [9.17, 15) is 13.6 Å². The highest BCUT2D eigenvalue weighted by atomic mass is 19.1. The summed E-state index contributed by atoms with van der Waals surface area (Å²) < 4.78 is 35.7. The molecule has 0 bridgehead atoms. The minimum atomic E-state index is -1.16. The molecule has 2 rings (SSSR count). The topological polar surface area (TPSA) is 59.7 Å². The number of halogens is 2. The fourth-order valence-corrected chi connectivity index (χ4v) is 1.40. The summed E-state index contributed by atoms with van der Waals surface area (Å²) in [6.45, 7) is -0.225. The third kappa shape index (κ3) is 2.65. The van der Waals surface area contributed by atoms with Gasteiger partial charge in [0.15, 0.2) is 5.76 Å². The van der Waals surface area contributed by atoms with Crippen LogP contribution in [0.3, 0.4) is 0 Å². The average molecular weight is 254 g/mol. The molecule has 4 nitrogen and oxygen atoms in total. The fraction of sp³-hybridized carbons (Fsp3) is 0.0833. The molecule has 0 atom stereocenters. The van der Waals surface area contributed by atoms with Gasteiger partial charge < -0.3 is 14.3 Å². The zero-order valence-corrected chi connectivity index (χ0v) is 9.02. The van der Waals surface area contributed by atoms with Crippen molar-refractivity contribution in [3.05, 3.63) is 53.5 Å². The number of hydrogen-bond donors (Lipinski definition) is 1. The number of benzene rings is 1. The summed E-state index contributed by atoms with van der Waals surface area (Å²) in [5, 5.41) is 8.80. The maximum Gasteiger partial charge on any atom is 0.339 e. The predicted octanol–water partition coefficient (Wildman–Crippen LogP) is 2.84. The van der Waals surface area contributed by atoms with Gasteiger partial charge >= 0.3 is 5.97 Å². The second-order valence-corrected chi connectivity index (χ2v) is 3.46. The number of carboxylic acids is 1. The number of rotatable bonds is 4. The van der Waals surface area contributed by atoms with Crippen LogP contribution in [0.2, 0.25) is 0 Å². The van der Waals surface area contributed by atoms with Crippen LogP contribution >= 0.6 is 0 Å². The van der Waals surface area contributed by atoms with Gasteiger partial charge in [-0.2, -0.15) is 0 Å². The van der Waals surface area contributed by atoms with Crippen LogP contribution in [-0.4, -0.2) is 11.1 Å². The standard InChI is InChI=1S/C12H8F2O4/c13-7-3-8(14)5-9(4-7)18-6-11-10(12(15)16)1-2-17-11/h1-5H,6H2,(H,15,16). The molecule has 1 N–H and O–H groups in total. The smallest absolute Gasteiger partial charge is 0.339 e. The van der Waals surface area contributed by atoms with E-state index in [1.165, 1.54) is 12.3 Å². The van der Waals surface area contributed by atoms with Gasteiger partial charge in [-0.15, -0.1) is 0 Å². The zero-order valence-electron chi connectivity index (χ0n) is 9.02. The van der Waals surface area contributed by atoms with Crippen LogP contribution in [0, 0.1) is 11.6 Å². The number of carboxylic acid groups (broad SMARTS) is 1. The molecule has 94 valence electrons. The van der Waals surface area contributed by atoms with E-state index in [4.69, 9.17) is 14.3 Å². The Labute approximate surface area is 100 Å². The van der Waals surface area contributed by atoms with Gasteiger partial charge in [0.05, 0.1) is 6.26 Å². The van der Waals surface area contributed by atoms with Gasteiger partial charge in [0.25, 0.3) is 0 Å². The second kappa shape index (κ2) is 4.87. The lowest BCUT2D eigenvalue weighted by molar-refractivity contribution is 0.0691.